The Balaban J connectivity index is 1.50. The summed E-state index contributed by atoms with van der Waals surface area (Å²) in [5.41, 5.74) is 4.24. The predicted octanol–water partition coefficient (Wildman–Crippen LogP) is 5.82. The Kier molecular flexibility index (Phi) is 5.07. The summed E-state index contributed by atoms with van der Waals surface area (Å²) in [7, 11) is 1.61. The van der Waals surface area contributed by atoms with Gasteiger partial charge in [-0.05, 0) is 60.2 Å². The Morgan fingerprint density at radius 1 is 1.00 bits per heavy atom. The molecule has 0 spiro atoms. The second kappa shape index (κ2) is 8.19. The average molecular weight is 425 g/mol. The van der Waals surface area contributed by atoms with Crippen molar-refractivity contribution < 1.29 is 18.7 Å². The zero-order valence-corrected chi connectivity index (χ0v) is 17.4. The molecule has 3 aromatic carbocycles. The first kappa shape index (κ1) is 19.8. The number of carbonyl (C=O) groups excluding carboxylic acids is 1. The maximum Gasteiger partial charge on any atom is 0.343 e. The molecule has 4 nitrogen and oxygen atoms in total. The van der Waals surface area contributed by atoms with Crippen LogP contribution in [0.15, 0.2) is 90.6 Å². The van der Waals surface area contributed by atoms with Crippen LogP contribution in [0.4, 0.5) is 4.39 Å². The fraction of sp³-hybridized carbons (Fsp3) is 0.0741. The summed E-state index contributed by atoms with van der Waals surface area (Å²) in [6, 6.07) is 21.9. The van der Waals surface area contributed by atoms with E-state index >= 15 is 0 Å². The number of para-hydroxylation sites is 1. The molecule has 2 heterocycles. The maximum atomic E-state index is 13.3. The number of rotatable bonds is 5. The van der Waals surface area contributed by atoms with Gasteiger partial charge in [0.15, 0.2) is 0 Å². The van der Waals surface area contributed by atoms with Crippen LogP contribution >= 0.6 is 0 Å². The number of aromatic nitrogens is 1. The molecule has 1 aromatic heterocycles. The van der Waals surface area contributed by atoms with Crippen LogP contribution in [0.25, 0.3) is 22.7 Å². The molecule has 5 rings (SSSR count). The molecule has 0 saturated heterocycles. The van der Waals surface area contributed by atoms with Crippen molar-refractivity contribution in [2.75, 3.05) is 7.11 Å². The van der Waals surface area contributed by atoms with Gasteiger partial charge < -0.3 is 14.0 Å². The van der Waals surface area contributed by atoms with Crippen LogP contribution in [0.1, 0.15) is 16.7 Å². The third-order valence-corrected chi connectivity index (χ3v) is 5.50. The summed E-state index contributed by atoms with van der Waals surface area (Å²) in [5, 5.41) is 1.03. The minimum absolute atomic E-state index is 0.254. The SMILES string of the molecule is COc1ccc(C2=C/C(=C\c3cn(Cc4ccc(F)cc4)c4ccccc34)C(=O)O2)cc1. The molecular formula is C27H20FNO3. The third kappa shape index (κ3) is 3.81. The molecule has 158 valence electrons. The number of hydrogen-bond acceptors (Lipinski definition) is 3. The van der Waals surface area contributed by atoms with E-state index in [0.717, 1.165) is 33.3 Å². The number of halogens is 1. The molecule has 1 aliphatic rings. The Hall–Kier alpha value is -4.12. The van der Waals surface area contributed by atoms with Gasteiger partial charge in [0, 0.05) is 34.8 Å². The molecule has 0 unspecified atom stereocenters. The topological polar surface area (TPSA) is 40.5 Å². The molecule has 32 heavy (non-hydrogen) atoms. The Labute approximate surface area is 184 Å². The van der Waals surface area contributed by atoms with E-state index in [1.807, 2.05) is 60.8 Å². The molecule has 0 amide bonds. The highest BCUT2D eigenvalue weighted by Crippen LogP contribution is 2.31. The smallest absolute Gasteiger partial charge is 0.343 e. The van der Waals surface area contributed by atoms with Crippen LogP contribution in [0.5, 0.6) is 5.75 Å². The van der Waals surface area contributed by atoms with E-state index in [4.69, 9.17) is 9.47 Å². The lowest BCUT2D eigenvalue weighted by Gasteiger charge is -2.05. The lowest BCUT2D eigenvalue weighted by molar-refractivity contribution is -0.130. The summed E-state index contributed by atoms with van der Waals surface area (Å²) in [6.07, 6.45) is 5.62. The Morgan fingerprint density at radius 2 is 1.75 bits per heavy atom. The fourth-order valence-electron chi connectivity index (χ4n) is 3.86. The number of fused-ring (bicyclic) bond motifs is 1. The van der Waals surface area contributed by atoms with Crippen LogP contribution < -0.4 is 4.74 Å². The highest BCUT2D eigenvalue weighted by Gasteiger charge is 2.22. The number of nitrogens with zero attached hydrogens (tertiary/aromatic N) is 1. The third-order valence-electron chi connectivity index (χ3n) is 5.50. The van der Waals surface area contributed by atoms with Gasteiger partial charge in [-0.25, -0.2) is 9.18 Å². The molecule has 4 aromatic rings. The quantitative estimate of drug-likeness (QED) is 0.299. The molecule has 1 aliphatic heterocycles. The van der Waals surface area contributed by atoms with Crippen molar-refractivity contribution in [3.63, 3.8) is 0 Å². The first-order valence-electron chi connectivity index (χ1n) is 10.2. The van der Waals surface area contributed by atoms with Gasteiger partial charge in [0.2, 0.25) is 0 Å². The van der Waals surface area contributed by atoms with Crippen LogP contribution in [-0.2, 0) is 16.1 Å². The van der Waals surface area contributed by atoms with Gasteiger partial charge in [0.25, 0.3) is 0 Å². The van der Waals surface area contributed by atoms with E-state index in [1.54, 1.807) is 25.3 Å². The molecule has 0 N–H and O–H groups in total. The zero-order chi connectivity index (χ0) is 22.1. The summed E-state index contributed by atoms with van der Waals surface area (Å²) in [5.74, 6) is 0.615. The van der Waals surface area contributed by atoms with E-state index < -0.39 is 0 Å². The standard InChI is InChI=1S/C27H20FNO3/c1-31-23-12-8-19(9-13-23)26-15-20(27(30)32-26)14-21-17-29(25-5-3-2-4-24(21)25)16-18-6-10-22(28)11-7-18/h2-15,17H,16H2,1H3/b20-14+. The van der Waals surface area contributed by atoms with Crippen molar-refractivity contribution in [1.29, 1.82) is 0 Å². The largest absolute Gasteiger partial charge is 0.497 e. The van der Waals surface area contributed by atoms with Crippen molar-refractivity contribution in [3.05, 3.63) is 113 Å². The van der Waals surface area contributed by atoms with Gasteiger partial charge in [0.1, 0.15) is 17.3 Å². The summed E-state index contributed by atoms with van der Waals surface area (Å²) >= 11 is 0. The van der Waals surface area contributed by atoms with Gasteiger partial charge in [0.05, 0.1) is 12.7 Å². The van der Waals surface area contributed by atoms with Crippen molar-refractivity contribution in [2.45, 2.75) is 6.54 Å². The molecule has 0 fully saturated rings. The van der Waals surface area contributed by atoms with E-state index in [2.05, 4.69) is 4.57 Å². The normalized spacial score (nSPS) is 14.6. The molecule has 0 saturated carbocycles. The molecule has 0 radical (unpaired) electrons. The highest BCUT2D eigenvalue weighted by molar-refractivity contribution is 6.06. The second-order valence-corrected chi connectivity index (χ2v) is 7.58. The fourth-order valence-corrected chi connectivity index (χ4v) is 3.86. The van der Waals surface area contributed by atoms with Gasteiger partial charge >= 0.3 is 5.97 Å². The van der Waals surface area contributed by atoms with Crippen molar-refractivity contribution >= 4 is 28.7 Å². The number of methoxy groups -OCH3 is 1. The summed E-state index contributed by atoms with van der Waals surface area (Å²) in [6.45, 7) is 0.599. The minimum Gasteiger partial charge on any atom is -0.497 e. The Bertz CT molecular complexity index is 1360. The van der Waals surface area contributed by atoms with Crippen LogP contribution in [0, 0.1) is 5.82 Å². The molecule has 0 bridgehead atoms. The van der Waals surface area contributed by atoms with E-state index in [9.17, 15) is 9.18 Å². The lowest BCUT2D eigenvalue weighted by atomic mass is 10.1. The minimum atomic E-state index is -0.383. The average Bonchev–Trinajstić information content (AvgIpc) is 3.36. The van der Waals surface area contributed by atoms with Crippen LogP contribution in [0.3, 0.4) is 0 Å². The molecule has 0 aliphatic carbocycles. The van der Waals surface area contributed by atoms with Gasteiger partial charge in [-0.3, -0.25) is 0 Å². The van der Waals surface area contributed by atoms with Crippen LogP contribution in [-0.4, -0.2) is 17.6 Å². The number of esters is 1. The zero-order valence-electron chi connectivity index (χ0n) is 17.4. The monoisotopic (exact) mass is 425 g/mol. The number of ether oxygens (including phenoxy) is 2. The Morgan fingerprint density at radius 3 is 2.50 bits per heavy atom. The lowest BCUT2D eigenvalue weighted by Crippen LogP contribution is -1.98. The number of cyclic esters (lactones) is 1. The van der Waals surface area contributed by atoms with Crippen molar-refractivity contribution in [3.8, 4) is 5.75 Å². The second-order valence-electron chi connectivity index (χ2n) is 7.58. The first-order chi connectivity index (χ1) is 15.6. The number of hydrogen-bond donors (Lipinski definition) is 0. The van der Waals surface area contributed by atoms with Gasteiger partial charge in [-0.15, -0.1) is 0 Å². The van der Waals surface area contributed by atoms with Crippen molar-refractivity contribution in [2.24, 2.45) is 0 Å². The van der Waals surface area contributed by atoms with Crippen molar-refractivity contribution in [1.82, 2.24) is 4.57 Å². The van der Waals surface area contributed by atoms with E-state index in [1.165, 1.54) is 12.1 Å². The predicted molar refractivity (Wildman–Crippen MR) is 122 cm³/mol. The summed E-state index contributed by atoms with van der Waals surface area (Å²) < 4.78 is 26.1. The number of carbonyl (C=O) groups is 1. The maximum absolute atomic E-state index is 13.3. The van der Waals surface area contributed by atoms with Gasteiger partial charge in [-0.1, -0.05) is 30.3 Å². The first-order valence-corrected chi connectivity index (χ1v) is 10.2. The van der Waals surface area contributed by atoms with E-state index in [-0.39, 0.29) is 11.8 Å². The van der Waals surface area contributed by atoms with Gasteiger partial charge in [-0.2, -0.15) is 0 Å². The highest BCUT2D eigenvalue weighted by atomic mass is 19.1. The van der Waals surface area contributed by atoms with E-state index in [0.29, 0.717) is 17.9 Å². The summed E-state index contributed by atoms with van der Waals surface area (Å²) in [4.78, 5) is 12.5. The molecular weight excluding hydrogens is 405 g/mol. The number of benzene rings is 3. The molecule has 5 heteroatoms. The molecule has 0 atom stereocenters. The van der Waals surface area contributed by atoms with Crippen LogP contribution in [0.2, 0.25) is 0 Å².